The first-order chi connectivity index (χ1) is 11.0. The molecule has 0 saturated heterocycles. The highest BCUT2D eigenvalue weighted by Gasteiger charge is 2.19. The monoisotopic (exact) mass is 373 g/mol. The van der Waals surface area contributed by atoms with Crippen LogP contribution in [0.5, 0.6) is 0 Å². The molecule has 0 fully saturated rings. The van der Waals surface area contributed by atoms with E-state index in [2.05, 4.69) is 4.72 Å². The topological polar surface area (TPSA) is 66.4 Å². The first-order valence-corrected chi connectivity index (χ1v) is 10.1. The van der Waals surface area contributed by atoms with Crippen LogP contribution in [0.2, 0.25) is 5.02 Å². The van der Waals surface area contributed by atoms with Crippen LogP contribution in [0.1, 0.15) is 29.9 Å². The Morgan fingerprint density at radius 3 is 2.74 bits per heavy atom. The summed E-state index contributed by atoms with van der Waals surface area (Å²) >= 11 is 7.59. The third-order valence-corrected chi connectivity index (χ3v) is 6.50. The van der Waals surface area contributed by atoms with E-state index in [0.29, 0.717) is 30.0 Å². The summed E-state index contributed by atoms with van der Waals surface area (Å²) in [5, 5.41) is 13.6. The highest BCUT2D eigenvalue weighted by atomic mass is 35.5. The van der Waals surface area contributed by atoms with Crippen LogP contribution in [0.25, 0.3) is 0 Å². The largest absolute Gasteiger partial charge is 0.396 e. The van der Waals surface area contributed by atoms with E-state index in [1.165, 1.54) is 0 Å². The van der Waals surface area contributed by atoms with Crippen molar-refractivity contribution in [3.05, 3.63) is 51.2 Å². The molecule has 0 aliphatic rings. The van der Waals surface area contributed by atoms with Crippen LogP contribution in [-0.2, 0) is 10.0 Å². The number of thiophene rings is 1. The lowest BCUT2D eigenvalue weighted by Gasteiger charge is -2.16. The molecule has 1 atom stereocenters. The van der Waals surface area contributed by atoms with Crippen molar-refractivity contribution < 1.29 is 13.5 Å². The van der Waals surface area contributed by atoms with Crippen molar-refractivity contribution in [2.45, 2.75) is 30.6 Å². The lowest BCUT2D eigenvalue weighted by molar-refractivity contribution is 0.273. The number of nitrogens with one attached hydrogen (secondary N) is 1. The molecular formula is C16H20ClNO3S2. The van der Waals surface area contributed by atoms with E-state index in [-0.39, 0.29) is 17.4 Å². The summed E-state index contributed by atoms with van der Waals surface area (Å²) in [6, 6.07) is 6.86. The predicted octanol–water partition coefficient (Wildman–Crippen LogP) is 3.54. The third kappa shape index (κ3) is 4.78. The van der Waals surface area contributed by atoms with Gasteiger partial charge in [-0.1, -0.05) is 17.7 Å². The number of hydrogen-bond acceptors (Lipinski definition) is 4. The van der Waals surface area contributed by atoms with Crippen LogP contribution in [0.15, 0.2) is 39.9 Å². The SMILES string of the molecule is Cc1c(Cl)cccc1S(=O)(=O)NCC[C@@H](CCO)c1ccsc1. The molecule has 0 spiro atoms. The second-order valence-electron chi connectivity index (χ2n) is 5.32. The summed E-state index contributed by atoms with van der Waals surface area (Å²) in [7, 11) is -3.59. The number of halogens is 1. The van der Waals surface area contributed by atoms with Gasteiger partial charge in [0.05, 0.1) is 4.90 Å². The molecule has 0 aliphatic carbocycles. The molecule has 126 valence electrons. The highest BCUT2D eigenvalue weighted by Crippen LogP contribution is 2.26. The number of hydrogen-bond donors (Lipinski definition) is 2. The minimum absolute atomic E-state index is 0.0840. The summed E-state index contributed by atoms with van der Waals surface area (Å²) in [6.45, 7) is 2.09. The van der Waals surface area contributed by atoms with Gasteiger partial charge in [0.2, 0.25) is 10.0 Å². The van der Waals surface area contributed by atoms with Gasteiger partial charge in [-0.2, -0.15) is 11.3 Å². The summed E-state index contributed by atoms with van der Waals surface area (Å²) in [6.07, 6.45) is 1.25. The Balaban J connectivity index is 2.03. The quantitative estimate of drug-likeness (QED) is 0.743. The molecule has 4 nitrogen and oxygen atoms in total. The molecule has 1 aromatic carbocycles. The normalized spacial score (nSPS) is 13.2. The Morgan fingerprint density at radius 1 is 1.30 bits per heavy atom. The Bertz CT molecular complexity index is 730. The smallest absolute Gasteiger partial charge is 0.240 e. The van der Waals surface area contributed by atoms with Gasteiger partial charge in [0.1, 0.15) is 0 Å². The van der Waals surface area contributed by atoms with Gasteiger partial charge in [-0.15, -0.1) is 0 Å². The first kappa shape index (κ1) is 18.4. The molecule has 0 aliphatic heterocycles. The van der Waals surface area contributed by atoms with Crippen LogP contribution in [-0.4, -0.2) is 26.7 Å². The van der Waals surface area contributed by atoms with E-state index >= 15 is 0 Å². The summed E-state index contributed by atoms with van der Waals surface area (Å²) in [5.41, 5.74) is 1.69. The number of aliphatic hydroxyl groups excluding tert-OH is 1. The minimum atomic E-state index is -3.59. The molecule has 0 unspecified atom stereocenters. The molecule has 0 bridgehead atoms. The molecular weight excluding hydrogens is 354 g/mol. The molecule has 2 aromatic rings. The molecule has 0 radical (unpaired) electrons. The van der Waals surface area contributed by atoms with Crippen molar-refractivity contribution in [3.63, 3.8) is 0 Å². The standard InChI is InChI=1S/C16H20ClNO3S2/c1-12-15(17)3-2-4-16(12)23(20,21)18-8-5-13(6-9-19)14-7-10-22-11-14/h2-4,7,10-11,13,18-19H,5-6,8-9H2,1H3/t13-/m0/s1. The molecule has 2 rings (SSSR count). The average molecular weight is 374 g/mol. The Morgan fingerprint density at radius 2 is 2.09 bits per heavy atom. The molecule has 23 heavy (non-hydrogen) atoms. The summed E-state index contributed by atoms with van der Waals surface area (Å²) < 4.78 is 27.5. The second kappa shape index (κ2) is 8.26. The van der Waals surface area contributed by atoms with Gasteiger partial charge in [0, 0.05) is 18.2 Å². The van der Waals surface area contributed by atoms with Crippen molar-refractivity contribution in [2.75, 3.05) is 13.2 Å². The van der Waals surface area contributed by atoms with Crippen LogP contribution in [0, 0.1) is 6.92 Å². The Hall–Kier alpha value is -0.920. The lowest BCUT2D eigenvalue weighted by Crippen LogP contribution is -2.26. The van der Waals surface area contributed by atoms with E-state index < -0.39 is 10.0 Å². The zero-order valence-electron chi connectivity index (χ0n) is 12.8. The molecule has 1 heterocycles. The predicted molar refractivity (Wildman–Crippen MR) is 94.8 cm³/mol. The van der Waals surface area contributed by atoms with Crippen LogP contribution in [0.4, 0.5) is 0 Å². The maximum absolute atomic E-state index is 12.4. The molecule has 0 amide bonds. The molecule has 1 aromatic heterocycles. The van der Waals surface area contributed by atoms with Crippen LogP contribution in [0.3, 0.4) is 0 Å². The number of aliphatic hydroxyl groups is 1. The van der Waals surface area contributed by atoms with Gasteiger partial charge in [0.25, 0.3) is 0 Å². The van der Waals surface area contributed by atoms with Crippen molar-refractivity contribution in [3.8, 4) is 0 Å². The first-order valence-electron chi connectivity index (χ1n) is 7.33. The fourth-order valence-electron chi connectivity index (χ4n) is 2.46. The fraction of sp³-hybridized carbons (Fsp3) is 0.375. The van der Waals surface area contributed by atoms with E-state index in [0.717, 1.165) is 5.56 Å². The summed E-state index contributed by atoms with van der Waals surface area (Å²) in [4.78, 5) is 0.208. The highest BCUT2D eigenvalue weighted by molar-refractivity contribution is 7.89. The average Bonchev–Trinajstić information content (AvgIpc) is 3.03. The molecule has 0 saturated carbocycles. The molecule has 7 heteroatoms. The van der Waals surface area contributed by atoms with E-state index in [1.807, 2.05) is 16.8 Å². The van der Waals surface area contributed by atoms with Crippen LogP contribution >= 0.6 is 22.9 Å². The van der Waals surface area contributed by atoms with Crippen molar-refractivity contribution in [1.29, 1.82) is 0 Å². The van der Waals surface area contributed by atoms with Gasteiger partial charge in [-0.05, 0) is 65.8 Å². The van der Waals surface area contributed by atoms with Gasteiger partial charge >= 0.3 is 0 Å². The molecule has 2 N–H and O–H groups in total. The maximum atomic E-state index is 12.4. The summed E-state index contributed by atoms with van der Waals surface area (Å²) in [5.74, 6) is 0.148. The number of sulfonamides is 1. The van der Waals surface area contributed by atoms with Gasteiger partial charge in [-0.25, -0.2) is 13.1 Å². The fourth-order valence-corrected chi connectivity index (χ4v) is 4.75. The number of rotatable bonds is 8. The van der Waals surface area contributed by atoms with E-state index in [9.17, 15) is 13.5 Å². The van der Waals surface area contributed by atoms with Gasteiger partial charge in [0.15, 0.2) is 0 Å². The maximum Gasteiger partial charge on any atom is 0.240 e. The van der Waals surface area contributed by atoms with E-state index in [4.69, 9.17) is 11.6 Å². The van der Waals surface area contributed by atoms with Gasteiger partial charge < -0.3 is 5.11 Å². The zero-order valence-corrected chi connectivity index (χ0v) is 15.2. The van der Waals surface area contributed by atoms with Crippen molar-refractivity contribution in [1.82, 2.24) is 4.72 Å². The van der Waals surface area contributed by atoms with E-state index in [1.54, 1.807) is 36.5 Å². The Labute approximate surface area is 146 Å². The van der Waals surface area contributed by atoms with Crippen LogP contribution < -0.4 is 4.72 Å². The van der Waals surface area contributed by atoms with Crippen molar-refractivity contribution in [2.24, 2.45) is 0 Å². The third-order valence-electron chi connectivity index (χ3n) is 3.78. The van der Waals surface area contributed by atoms with Crippen molar-refractivity contribution >= 4 is 33.0 Å². The number of benzene rings is 1. The zero-order chi connectivity index (χ0) is 16.9. The lowest BCUT2D eigenvalue weighted by atomic mass is 9.95. The minimum Gasteiger partial charge on any atom is -0.396 e. The Kier molecular flexibility index (Phi) is 6.61. The van der Waals surface area contributed by atoms with Gasteiger partial charge in [-0.3, -0.25) is 0 Å². The second-order valence-corrected chi connectivity index (χ2v) is 8.24.